The van der Waals surface area contributed by atoms with Gasteiger partial charge in [0.25, 0.3) is 5.91 Å². The number of rotatable bonds is 5. The molecule has 1 heterocycles. The third kappa shape index (κ3) is 5.30. The van der Waals surface area contributed by atoms with Gasteiger partial charge in [0.1, 0.15) is 5.69 Å². The first-order valence-electron chi connectivity index (χ1n) is 5.88. The minimum absolute atomic E-state index is 0. The summed E-state index contributed by atoms with van der Waals surface area (Å²) >= 11 is 0. The molecule has 0 fully saturated rings. The van der Waals surface area contributed by atoms with Crippen molar-refractivity contribution in [3.8, 4) is 0 Å². The SMILES string of the molecule is CCC(CC)(CN)NC(=O)c1cnc(C)cn1.Cl.Cl. The Bertz CT molecular complexity index is 372. The van der Waals surface area contributed by atoms with E-state index in [4.69, 9.17) is 5.73 Å². The van der Waals surface area contributed by atoms with Crippen LogP contribution in [0.15, 0.2) is 12.4 Å². The van der Waals surface area contributed by atoms with Crippen LogP contribution in [0.4, 0.5) is 0 Å². The molecule has 0 aromatic carbocycles. The average molecular weight is 309 g/mol. The second kappa shape index (κ2) is 9.07. The van der Waals surface area contributed by atoms with Crippen LogP contribution < -0.4 is 11.1 Å². The summed E-state index contributed by atoms with van der Waals surface area (Å²) in [7, 11) is 0. The van der Waals surface area contributed by atoms with Gasteiger partial charge in [-0.3, -0.25) is 9.78 Å². The van der Waals surface area contributed by atoms with Gasteiger partial charge in [0, 0.05) is 12.7 Å². The zero-order chi connectivity index (χ0) is 12.9. The van der Waals surface area contributed by atoms with Crippen LogP contribution in [-0.2, 0) is 0 Å². The van der Waals surface area contributed by atoms with Crippen molar-refractivity contribution in [1.29, 1.82) is 0 Å². The molecule has 1 rings (SSSR count). The van der Waals surface area contributed by atoms with Crippen LogP contribution in [0, 0.1) is 6.92 Å². The zero-order valence-electron chi connectivity index (χ0n) is 11.5. The molecule has 7 heteroatoms. The molecule has 0 aliphatic rings. The monoisotopic (exact) mass is 308 g/mol. The quantitative estimate of drug-likeness (QED) is 0.870. The summed E-state index contributed by atoms with van der Waals surface area (Å²) in [5, 5.41) is 2.95. The Labute approximate surface area is 126 Å². The first kappa shape index (κ1) is 20.4. The van der Waals surface area contributed by atoms with Gasteiger partial charge in [-0.2, -0.15) is 0 Å². The van der Waals surface area contributed by atoms with Crippen LogP contribution in [0.2, 0.25) is 0 Å². The van der Waals surface area contributed by atoms with E-state index in [2.05, 4.69) is 15.3 Å². The molecule has 0 spiro atoms. The molecule has 0 unspecified atom stereocenters. The molecular weight excluding hydrogens is 287 g/mol. The number of halogens is 2. The largest absolute Gasteiger partial charge is 0.344 e. The number of carbonyl (C=O) groups is 1. The zero-order valence-corrected chi connectivity index (χ0v) is 13.1. The van der Waals surface area contributed by atoms with Crippen molar-refractivity contribution in [3.05, 3.63) is 23.8 Å². The van der Waals surface area contributed by atoms with Gasteiger partial charge in [-0.05, 0) is 19.8 Å². The van der Waals surface area contributed by atoms with Gasteiger partial charge in [0.15, 0.2) is 0 Å². The number of amides is 1. The van der Waals surface area contributed by atoms with Crippen LogP contribution in [0.3, 0.4) is 0 Å². The minimum Gasteiger partial charge on any atom is -0.344 e. The Hall–Kier alpha value is -0.910. The Kier molecular flexibility index (Phi) is 9.74. The molecule has 0 bridgehead atoms. The van der Waals surface area contributed by atoms with Gasteiger partial charge in [0.2, 0.25) is 0 Å². The first-order chi connectivity index (χ1) is 8.06. The number of hydrogen-bond donors (Lipinski definition) is 2. The van der Waals surface area contributed by atoms with Crippen LogP contribution >= 0.6 is 24.8 Å². The normalized spacial score (nSPS) is 10.1. The lowest BCUT2D eigenvalue weighted by Gasteiger charge is -2.31. The molecule has 1 amide bonds. The molecule has 0 atom stereocenters. The highest BCUT2D eigenvalue weighted by atomic mass is 35.5. The highest BCUT2D eigenvalue weighted by Crippen LogP contribution is 2.13. The van der Waals surface area contributed by atoms with Crippen molar-refractivity contribution in [2.75, 3.05) is 6.54 Å². The van der Waals surface area contributed by atoms with Crippen molar-refractivity contribution in [3.63, 3.8) is 0 Å². The molecule has 0 radical (unpaired) electrons. The highest BCUT2D eigenvalue weighted by molar-refractivity contribution is 5.92. The van der Waals surface area contributed by atoms with E-state index in [1.165, 1.54) is 6.20 Å². The van der Waals surface area contributed by atoms with Gasteiger partial charge < -0.3 is 11.1 Å². The number of aromatic nitrogens is 2. The van der Waals surface area contributed by atoms with Crippen LogP contribution in [0.1, 0.15) is 42.9 Å². The summed E-state index contributed by atoms with van der Waals surface area (Å²) in [6.07, 6.45) is 4.66. The smallest absolute Gasteiger partial charge is 0.271 e. The van der Waals surface area contributed by atoms with E-state index in [1.807, 2.05) is 20.8 Å². The van der Waals surface area contributed by atoms with Crippen molar-refractivity contribution < 1.29 is 4.79 Å². The second-order valence-corrected chi connectivity index (χ2v) is 4.19. The number of nitrogens with one attached hydrogen (secondary N) is 1. The maximum Gasteiger partial charge on any atom is 0.271 e. The van der Waals surface area contributed by atoms with E-state index in [0.717, 1.165) is 18.5 Å². The predicted octanol–water partition coefficient (Wildman–Crippen LogP) is 1.88. The summed E-state index contributed by atoms with van der Waals surface area (Å²) in [6, 6.07) is 0. The molecule has 5 nitrogen and oxygen atoms in total. The summed E-state index contributed by atoms with van der Waals surface area (Å²) < 4.78 is 0. The molecule has 1 aromatic rings. The third-order valence-corrected chi connectivity index (χ3v) is 3.14. The van der Waals surface area contributed by atoms with E-state index in [0.29, 0.717) is 12.2 Å². The van der Waals surface area contributed by atoms with Gasteiger partial charge >= 0.3 is 0 Å². The predicted molar refractivity (Wildman–Crippen MR) is 81.1 cm³/mol. The van der Waals surface area contributed by atoms with Crippen LogP contribution in [-0.4, -0.2) is 28.0 Å². The van der Waals surface area contributed by atoms with Gasteiger partial charge in [-0.15, -0.1) is 24.8 Å². The maximum atomic E-state index is 12.0. The maximum absolute atomic E-state index is 12.0. The first-order valence-corrected chi connectivity index (χ1v) is 5.88. The average Bonchev–Trinajstić information content (AvgIpc) is 2.37. The number of nitrogens with zero attached hydrogens (tertiary/aromatic N) is 2. The summed E-state index contributed by atoms with van der Waals surface area (Å²) in [5.74, 6) is -0.216. The molecule has 19 heavy (non-hydrogen) atoms. The Morgan fingerprint density at radius 3 is 2.21 bits per heavy atom. The van der Waals surface area contributed by atoms with Crippen molar-refractivity contribution in [2.24, 2.45) is 5.73 Å². The fourth-order valence-corrected chi connectivity index (χ4v) is 1.58. The summed E-state index contributed by atoms with van der Waals surface area (Å²) in [4.78, 5) is 20.1. The Morgan fingerprint density at radius 1 is 1.26 bits per heavy atom. The topological polar surface area (TPSA) is 80.9 Å². The summed E-state index contributed by atoms with van der Waals surface area (Å²) in [6.45, 7) is 6.27. The van der Waals surface area contributed by atoms with Crippen LogP contribution in [0.5, 0.6) is 0 Å². The molecular formula is C12H22Cl2N4O. The van der Waals surface area contributed by atoms with E-state index in [9.17, 15) is 4.79 Å². The van der Waals surface area contributed by atoms with Gasteiger partial charge in [-0.1, -0.05) is 13.8 Å². The molecule has 0 aliphatic heterocycles. The molecule has 3 N–H and O–H groups in total. The lowest BCUT2D eigenvalue weighted by atomic mass is 9.93. The molecule has 0 aliphatic carbocycles. The fraction of sp³-hybridized carbons (Fsp3) is 0.583. The molecule has 0 saturated heterocycles. The molecule has 0 saturated carbocycles. The number of nitrogens with two attached hydrogens (primary N) is 1. The van der Waals surface area contributed by atoms with Gasteiger partial charge in [0.05, 0.1) is 17.4 Å². The second-order valence-electron chi connectivity index (χ2n) is 4.19. The van der Waals surface area contributed by atoms with Crippen molar-refractivity contribution in [1.82, 2.24) is 15.3 Å². The van der Waals surface area contributed by atoms with E-state index >= 15 is 0 Å². The van der Waals surface area contributed by atoms with Gasteiger partial charge in [-0.25, -0.2) is 4.98 Å². The van der Waals surface area contributed by atoms with Crippen molar-refractivity contribution in [2.45, 2.75) is 39.2 Å². The Balaban J connectivity index is 0. The molecule has 110 valence electrons. The lowest BCUT2D eigenvalue weighted by Crippen LogP contribution is -2.53. The van der Waals surface area contributed by atoms with E-state index in [-0.39, 0.29) is 36.3 Å². The third-order valence-electron chi connectivity index (χ3n) is 3.14. The minimum atomic E-state index is -0.344. The van der Waals surface area contributed by atoms with E-state index in [1.54, 1.807) is 6.20 Å². The summed E-state index contributed by atoms with van der Waals surface area (Å²) in [5.41, 5.74) is 6.50. The number of hydrogen-bond acceptors (Lipinski definition) is 4. The fourth-order valence-electron chi connectivity index (χ4n) is 1.58. The number of carbonyl (C=O) groups excluding carboxylic acids is 1. The van der Waals surface area contributed by atoms with E-state index < -0.39 is 0 Å². The number of aryl methyl sites for hydroxylation is 1. The van der Waals surface area contributed by atoms with Crippen LogP contribution in [0.25, 0.3) is 0 Å². The standard InChI is InChI=1S/C12H20N4O.2ClH/c1-4-12(5-2,8-13)16-11(17)10-7-14-9(3)6-15-10;;/h6-7H,4-5,8,13H2,1-3H3,(H,16,17);2*1H. The highest BCUT2D eigenvalue weighted by Gasteiger charge is 2.27. The lowest BCUT2D eigenvalue weighted by molar-refractivity contribution is 0.0889. The molecule has 1 aromatic heterocycles. The Morgan fingerprint density at radius 2 is 1.84 bits per heavy atom. The van der Waals surface area contributed by atoms with Crippen molar-refractivity contribution >= 4 is 30.7 Å².